The van der Waals surface area contributed by atoms with Crippen molar-refractivity contribution in [2.45, 2.75) is 68.6 Å². The summed E-state index contributed by atoms with van der Waals surface area (Å²) in [6.45, 7) is 0. The third kappa shape index (κ3) is 3.91. The van der Waals surface area contributed by atoms with Crippen molar-refractivity contribution in [2.24, 2.45) is 23.5 Å². The molecular formula is C29H36N2O8. The molecule has 0 spiro atoms. The Hall–Kier alpha value is -3.21. The topological polar surface area (TPSA) is 182 Å². The van der Waals surface area contributed by atoms with Crippen LogP contribution in [0.5, 0.6) is 5.75 Å². The third-order valence-electron chi connectivity index (χ3n) is 9.41. The summed E-state index contributed by atoms with van der Waals surface area (Å²) >= 11 is 0. The van der Waals surface area contributed by atoms with Gasteiger partial charge in [-0.15, -0.1) is 0 Å². The van der Waals surface area contributed by atoms with E-state index in [1.165, 1.54) is 31.5 Å². The first-order chi connectivity index (χ1) is 18.4. The number of hydrogen-bond donors (Lipinski definition) is 6. The van der Waals surface area contributed by atoms with E-state index in [4.69, 9.17) is 5.73 Å². The Morgan fingerprint density at radius 2 is 1.74 bits per heavy atom. The first kappa shape index (κ1) is 27.4. The molecule has 0 bridgehead atoms. The lowest BCUT2D eigenvalue weighted by Gasteiger charge is -2.54. The lowest BCUT2D eigenvalue weighted by molar-refractivity contribution is -0.169. The third-order valence-corrected chi connectivity index (χ3v) is 9.41. The molecule has 0 heterocycles. The van der Waals surface area contributed by atoms with Crippen LogP contribution in [-0.2, 0) is 14.4 Å². The van der Waals surface area contributed by atoms with Crippen LogP contribution in [0.3, 0.4) is 0 Å². The number of primary amides is 1. The minimum Gasteiger partial charge on any atom is -0.508 e. The first-order valence-corrected chi connectivity index (χ1v) is 13.6. The molecule has 0 aliphatic heterocycles. The largest absolute Gasteiger partial charge is 0.508 e. The number of amides is 1. The number of phenolic OH excluding ortho intramolecular Hbond substituents is 1. The number of Topliss-reactive ketones (excluding diaryl/α,β-unsaturated/α-hetero) is 2. The van der Waals surface area contributed by atoms with E-state index in [9.17, 15) is 39.9 Å². The Bertz CT molecular complexity index is 1290. The summed E-state index contributed by atoms with van der Waals surface area (Å²) in [5.74, 6) is -8.10. The van der Waals surface area contributed by atoms with Crippen LogP contribution in [0.2, 0.25) is 0 Å². The number of carbonyl (C=O) groups excluding carboxylic acids is 3. The number of ketones is 2. The maximum absolute atomic E-state index is 14.2. The van der Waals surface area contributed by atoms with Gasteiger partial charge in [0, 0.05) is 11.5 Å². The van der Waals surface area contributed by atoms with Gasteiger partial charge in [0.25, 0.3) is 5.91 Å². The fourth-order valence-electron chi connectivity index (χ4n) is 7.63. The predicted molar refractivity (Wildman–Crippen MR) is 140 cm³/mol. The summed E-state index contributed by atoms with van der Waals surface area (Å²) in [4.78, 5) is 41.1. The highest BCUT2D eigenvalue weighted by molar-refractivity contribution is 6.24. The quantitative estimate of drug-likeness (QED) is 0.304. The van der Waals surface area contributed by atoms with Gasteiger partial charge in [0.2, 0.25) is 5.78 Å². The fourth-order valence-corrected chi connectivity index (χ4v) is 7.63. The van der Waals surface area contributed by atoms with Crippen molar-refractivity contribution in [1.29, 1.82) is 0 Å². The summed E-state index contributed by atoms with van der Waals surface area (Å²) in [6, 6.07) is 3.39. The highest BCUT2D eigenvalue weighted by atomic mass is 16.4. The van der Waals surface area contributed by atoms with Crippen LogP contribution < -0.4 is 5.73 Å². The number of likely N-dealkylation sites (N-methyl/N-ethyl adjacent to an activating group) is 1. The van der Waals surface area contributed by atoms with Crippen molar-refractivity contribution in [3.8, 4) is 5.75 Å². The minimum atomic E-state index is -2.90. The van der Waals surface area contributed by atoms with Crippen molar-refractivity contribution < 1.29 is 39.9 Å². The number of nitrogens with zero attached hydrogens (tertiary/aromatic N) is 1. The molecule has 4 aliphatic rings. The molecule has 1 amide bonds. The number of nitrogens with two attached hydrogens (primary N) is 1. The molecule has 0 aromatic heterocycles. The van der Waals surface area contributed by atoms with Crippen molar-refractivity contribution in [2.75, 3.05) is 14.1 Å². The number of rotatable bonds is 5. The Balaban J connectivity index is 1.71. The first-order valence-electron chi connectivity index (χ1n) is 13.6. The van der Waals surface area contributed by atoms with Crippen molar-refractivity contribution in [3.63, 3.8) is 0 Å². The molecule has 39 heavy (non-hydrogen) atoms. The van der Waals surface area contributed by atoms with Gasteiger partial charge in [-0.3, -0.25) is 19.3 Å². The molecule has 6 atom stereocenters. The SMILES string of the molecule is CN(C)[C@H]1C(=O)C(C(N)=O)=C(O)[C@]2(O)C(=O)C3=C(O)c4c(O)cccc4[C@@H](CCC4CCCCC4)[C@@H]3[C@@H](O)[C@H]12. The molecular weight excluding hydrogens is 504 g/mol. The average molecular weight is 541 g/mol. The maximum atomic E-state index is 14.2. The van der Waals surface area contributed by atoms with Crippen LogP contribution in [0.1, 0.15) is 62.0 Å². The van der Waals surface area contributed by atoms with Crippen LogP contribution in [0.4, 0.5) is 0 Å². The van der Waals surface area contributed by atoms with Crippen molar-refractivity contribution in [1.82, 2.24) is 4.90 Å². The van der Waals surface area contributed by atoms with Crippen LogP contribution in [0.15, 0.2) is 35.1 Å². The summed E-state index contributed by atoms with van der Waals surface area (Å²) in [6.07, 6.45) is 5.38. The Kier molecular flexibility index (Phi) is 6.85. The van der Waals surface area contributed by atoms with Gasteiger partial charge in [-0.05, 0) is 50.4 Å². The summed E-state index contributed by atoms with van der Waals surface area (Å²) in [5.41, 5.74) is 1.81. The molecule has 0 radical (unpaired) electrons. The van der Waals surface area contributed by atoms with Gasteiger partial charge in [-0.2, -0.15) is 0 Å². The molecule has 1 aromatic carbocycles. The zero-order valence-corrected chi connectivity index (χ0v) is 22.1. The van der Waals surface area contributed by atoms with E-state index in [1.54, 1.807) is 12.1 Å². The molecule has 2 fully saturated rings. The average Bonchev–Trinajstić information content (AvgIpc) is 2.88. The zero-order chi connectivity index (χ0) is 28.4. The second-order valence-corrected chi connectivity index (χ2v) is 11.7. The molecule has 7 N–H and O–H groups in total. The molecule has 5 rings (SSSR count). The fraction of sp³-hybridized carbons (Fsp3) is 0.552. The van der Waals surface area contributed by atoms with Gasteiger partial charge < -0.3 is 31.3 Å². The van der Waals surface area contributed by atoms with Gasteiger partial charge >= 0.3 is 0 Å². The van der Waals surface area contributed by atoms with Crippen LogP contribution >= 0.6 is 0 Å². The Labute approximate surface area is 226 Å². The van der Waals surface area contributed by atoms with Crippen LogP contribution in [-0.4, -0.2) is 79.7 Å². The molecule has 0 saturated heterocycles. The van der Waals surface area contributed by atoms with Gasteiger partial charge in [0.1, 0.15) is 22.8 Å². The van der Waals surface area contributed by atoms with Crippen LogP contribution in [0.25, 0.3) is 5.76 Å². The number of fused-ring (bicyclic) bond motifs is 3. The van der Waals surface area contributed by atoms with Crippen molar-refractivity contribution >= 4 is 23.2 Å². The number of aromatic hydroxyl groups is 1. The molecule has 210 valence electrons. The number of carbonyl (C=O) groups is 3. The van der Waals surface area contributed by atoms with E-state index in [0.29, 0.717) is 17.9 Å². The standard InChI is InChI=1S/C29H36N2O8/c1-31(2)22-21-24(34)18-15(12-11-13-7-4-3-5-8-13)14-9-6-10-16(32)17(14)23(33)19(18)26(36)29(21,39)27(37)20(25(22)35)28(30)38/h6,9-10,13,15,18,21-22,24,32-34,37,39H,3-5,7-8,11-12H2,1-2H3,(H2,30,38)/t15-,18+,21+,22-,24-,29-/m1/s1. The lowest BCUT2D eigenvalue weighted by Crippen LogP contribution is -2.70. The molecule has 10 nitrogen and oxygen atoms in total. The number of benzene rings is 1. The Morgan fingerprint density at radius 3 is 2.36 bits per heavy atom. The monoisotopic (exact) mass is 540 g/mol. The molecule has 1 aromatic rings. The molecule has 4 aliphatic carbocycles. The van der Waals surface area contributed by atoms with E-state index in [2.05, 4.69) is 0 Å². The molecule has 0 unspecified atom stereocenters. The van der Waals surface area contributed by atoms with Gasteiger partial charge in [0.05, 0.1) is 23.6 Å². The number of hydrogen-bond acceptors (Lipinski definition) is 9. The van der Waals surface area contributed by atoms with Crippen LogP contribution in [0, 0.1) is 17.8 Å². The predicted octanol–water partition coefficient (Wildman–Crippen LogP) is 1.84. The zero-order valence-electron chi connectivity index (χ0n) is 22.1. The minimum absolute atomic E-state index is 0.0367. The summed E-state index contributed by atoms with van der Waals surface area (Å²) in [5, 5.41) is 56.9. The van der Waals surface area contributed by atoms with Gasteiger partial charge in [-0.25, -0.2) is 0 Å². The number of phenols is 1. The molecule has 2 saturated carbocycles. The smallest absolute Gasteiger partial charge is 0.255 e. The summed E-state index contributed by atoms with van der Waals surface area (Å²) < 4.78 is 0. The Morgan fingerprint density at radius 1 is 1.08 bits per heavy atom. The molecule has 10 heteroatoms. The maximum Gasteiger partial charge on any atom is 0.255 e. The van der Waals surface area contributed by atoms with E-state index in [-0.39, 0.29) is 16.9 Å². The second-order valence-electron chi connectivity index (χ2n) is 11.7. The number of aliphatic hydroxyl groups is 4. The second kappa shape index (κ2) is 9.76. The van der Waals surface area contributed by atoms with E-state index < -0.39 is 70.1 Å². The summed E-state index contributed by atoms with van der Waals surface area (Å²) in [7, 11) is 3.00. The van der Waals surface area contributed by atoms with Crippen molar-refractivity contribution in [3.05, 3.63) is 46.2 Å². The highest BCUT2D eigenvalue weighted by Crippen LogP contribution is 2.57. The van der Waals surface area contributed by atoms with E-state index >= 15 is 0 Å². The van der Waals surface area contributed by atoms with Gasteiger partial charge in [0.15, 0.2) is 11.4 Å². The normalized spacial score (nSPS) is 33.2. The number of aliphatic hydroxyl groups excluding tert-OH is 3. The van der Waals surface area contributed by atoms with E-state index in [0.717, 1.165) is 32.1 Å². The lowest BCUT2D eigenvalue weighted by atomic mass is 9.53. The van der Waals surface area contributed by atoms with Gasteiger partial charge in [-0.1, -0.05) is 44.2 Å². The van der Waals surface area contributed by atoms with E-state index in [1.807, 2.05) is 0 Å². The highest BCUT2D eigenvalue weighted by Gasteiger charge is 2.68.